The maximum Gasteiger partial charge on any atom is 0.238 e. The second-order valence-corrected chi connectivity index (χ2v) is 6.74. The summed E-state index contributed by atoms with van der Waals surface area (Å²) in [4.78, 5) is 14.1. The predicted molar refractivity (Wildman–Crippen MR) is 91.0 cm³/mol. The van der Waals surface area contributed by atoms with Crippen molar-refractivity contribution in [3.05, 3.63) is 27.3 Å². The van der Waals surface area contributed by atoms with Crippen molar-refractivity contribution in [2.45, 2.75) is 25.8 Å². The summed E-state index contributed by atoms with van der Waals surface area (Å²) >= 11 is 2.28. The lowest BCUT2D eigenvalue weighted by Gasteiger charge is -2.20. The number of anilines is 1. The molecule has 110 valence electrons. The highest BCUT2D eigenvalue weighted by Gasteiger charge is 2.17. The summed E-state index contributed by atoms with van der Waals surface area (Å²) in [5, 5.41) is 6.44. The zero-order chi connectivity index (χ0) is 14.5. The Hall–Kier alpha value is -0.660. The molecule has 1 aliphatic heterocycles. The Kier molecular flexibility index (Phi) is 5.80. The van der Waals surface area contributed by atoms with Crippen molar-refractivity contribution in [2.24, 2.45) is 0 Å². The van der Waals surface area contributed by atoms with Crippen LogP contribution in [0.4, 0.5) is 5.69 Å². The summed E-state index contributed by atoms with van der Waals surface area (Å²) in [6.45, 7) is 4.49. The number of rotatable bonds is 5. The lowest BCUT2D eigenvalue weighted by molar-refractivity contribution is -0.117. The van der Waals surface area contributed by atoms with E-state index in [-0.39, 0.29) is 5.91 Å². The first-order valence-electron chi connectivity index (χ1n) is 7.02. The molecular formula is C15H22IN3O. The van der Waals surface area contributed by atoms with Crippen LogP contribution < -0.4 is 10.6 Å². The molecule has 0 spiro atoms. The fourth-order valence-electron chi connectivity index (χ4n) is 2.56. The molecule has 4 nitrogen and oxygen atoms in total. The minimum atomic E-state index is 0.0507. The van der Waals surface area contributed by atoms with Gasteiger partial charge in [-0.15, -0.1) is 0 Å². The lowest BCUT2D eigenvalue weighted by Crippen LogP contribution is -2.39. The molecule has 0 aliphatic carbocycles. The monoisotopic (exact) mass is 387 g/mol. The number of nitrogens with one attached hydrogen (secondary N) is 2. The largest absolute Gasteiger partial charge is 0.325 e. The van der Waals surface area contributed by atoms with Crippen LogP contribution in [0, 0.1) is 10.5 Å². The van der Waals surface area contributed by atoms with Crippen molar-refractivity contribution in [3.63, 3.8) is 0 Å². The van der Waals surface area contributed by atoms with Gasteiger partial charge in [0.15, 0.2) is 0 Å². The third kappa shape index (κ3) is 4.71. The van der Waals surface area contributed by atoms with E-state index >= 15 is 0 Å². The molecule has 1 amide bonds. The Morgan fingerprint density at radius 3 is 3.00 bits per heavy atom. The zero-order valence-electron chi connectivity index (χ0n) is 12.1. The second kappa shape index (κ2) is 7.38. The first-order chi connectivity index (χ1) is 9.54. The van der Waals surface area contributed by atoms with Gasteiger partial charge in [-0.2, -0.15) is 0 Å². The topological polar surface area (TPSA) is 44.4 Å². The minimum Gasteiger partial charge on any atom is -0.325 e. The number of carbonyl (C=O) groups excluding carboxylic acids is 1. The molecule has 0 saturated carbocycles. The fourth-order valence-corrected chi connectivity index (χ4v) is 3.20. The normalized spacial score (nSPS) is 18.5. The number of benzene rings is 1. The van der Waals surface area contributed by atoms with Crippen LogP contribution >= 0.6 is 22.6 Å². The Morgan fingerprint density at radius 1 is 1.55 bits per heavy atom. The van der Waals surface area contributed by atoms with E-state index in [4.69, 9.17) is 0 Å². The number of nitrogens with zero attached hydrogens (tertiary/aromatic N) is 1. The molecule has 1 aromatic rings. The van der Waals surface area contributed by atoms with Crippen LogP contribution in [0.5, 0.6) is 0 Å². The van der Waals surface area contributed by atoms with E-state index in [1.165, 1.54) is 16.4 Å². The number of amides is 1. The van der Waals surface area contributed by atoms with Gasteiger partial charge in [-0.25, -0.2) is 0 Å². The van der Waals surface area contributed by atoms with E-state index < -0.39 is 0 Å². The number of likely N-dealkylation sites (N-methyl/N-ethyl adjacent to an activating group) is 1. The molecule has 2 rings (SSSR count). The predicted octanol–water partition coefficient (Wildman–Crippen LogP) is 2.22. The Bertz CT molecular complexity index is 472. The quantitative estimate of drug-likeness (QED) is 0.762. The molecule has 1 unspecified atom stereocenters. The molecule has 1 heterocycles. The Balaban J connectivity index is 1.82. The molecule has 0 radical (unpaired) electrons. The van der Waals surface area contributed by atoms with Gasteiger partial charge in [-0.3, -0.25) is 9.69 Å². The first kappa shape index (κ1) is 15.7. The molecule has 0 bridgehead atoms. The highest BCUT2D eigenvalue weighted by atomic mass is 127. The third-order valence-electron chi connectivity index (χ3n) is 3.57. The van der Waals surface area contributed by atoms with Gasteiger partial charge in [0.05, 0.1) is 6.54 Å². The van der Waals surface area contributed by atoms with Gasteiger partial charge >= 0.3 is 0 Å². The molecule has 1 saturated heterocycles. The van der Waals surface area contributed by atoms with Crippen LogP contribution in [0.15, 0.2) is 18.2 Å². The van der Waals surface area contributed by atoms with Crippen molar-refractivity contribution in [3.8, 4) is 0 Å². The van der Waals surface area contributed by atoms with Crippen molar-refractivity contribution < 1.29 is 4.79 Å². The molecule has 0 aromatic heterocycles. The Labute approximate surface area is 134 Å². The van der Waals surface area contributed by atoms with Crippen molar-refractivity contribution >= 4 is 34.2 Å². The molecule has 1 atom stereocenters. The SMILES string of the molecule is Cc1cc(I)ccc1NC(=O)CN(C)CC1CCCN1. The van der Waals surface area contributed by atoms with Crippen LogP contribution in [0.25, 0.3) is 0 Å². The Morgan fingerprint density at radius 2 is 2.35 bits per heavy atom. The summed E-state index contributed by atoms with van der Waals surface area (Å²) < 4.78 is 1.18. The van der Waals surface area contributed by atoms with Gasteiger partial charge < -0.3 is 10.6 Å². The molecule has 2 N–H and O–H groups in total. The smallest absolute Gasteiger partial charge is 0.238 e. The van der Waals surface area contributed by atoms with Gasteiger partial charge in [0.25, 0.3) is 0 Å². The van der Waals surface area contributed by atoms with Gasteiger partial charge in [0.1, 0.15) is 0 Å². The van der Waals surface area contributed by atoms with Gasteiger partial charge in [0, 0.05) is 21.8 Å². The van der Waals surface area contributed by atoms with Crippen molar-refractivity contribution in [1.29, 1.82) is 0 Å². The second-order valence-electron chi connectivity index (χ2n) is 5.50. The van der Waals surface area contributed by atoms with Crippen LogP contribution in [0.1, 0.15) is 18.4 Å². The maximum absolute atomic E-state index is 12.1. The number of aryl methyl sites for hydroxylation is 1. The molecule has 1 fully saturated rings. The fraction of sp³-hybridized carbons (Fsp3) is 0.533. The summed E-state index contributed by atoms with van der Waals surface area (Å²) in [5.41, 5.74) is 2.01. The zero-order valence-corrected chi connectivity index (χ0v) is 14.2. The standard InChI is InChI=1S/C15H22IN3O/c1-11-8-12(16)5-6-14(11)18-15(20)10-19(2)9-13-4-3-7-17-13/h5-6,8,13,17H,3-4,7,9-10H2,1-2H3,(H,18,20). The van der Waals surface area contributed by atoms with Crippen LogP contribution in [0.2, 0.25) is 0 Å². The average Bonchev–Trinajstić information content (AvgIpc) is 2.85. The summed E-state index contributed by atoms with van der Waals surface area (Å²) in [5.74, 6) is 0.0507. The minimum absolute atomic E-state index is 0.0507. The number of halogens is 1. The first-order valence-corrected chi connectivity index (χ1v) is 8.10. The van der Waals surface area contributed by atoms with Crippen LogP contribution in [-0.4, -0.2) is 43.5 Å². The maximum atomic E-state index is 12.1. The lowest BCUT2D eigenvalue weighted by atomic mass is 10.2. The molecule has 20 heavy (non-hydrogen) atoms. The number of hydrogen-bond donors (Lipinski definition) is 2. The van der Waals surface area contributed by atoms with E-state index in [2.05, 4.69) is 44.2 Å². The molecule has 1 aromatic carbocycles. The molecular weight excluding hydrogens is 365 g/mol. The number of carbonyl (C=O) groups is 1. The van der Waals surface area contributed by atoms with E-state index in [0.717, 1.165) is 24.3 Å². The number of hydrogen-bond acceptors (Lipinski definition) is 3. The van der Waals surface area contributed by atoms with E-state index in [1.807, 2.05) is 26.1 Å². The van der Waals surface area contributed by atoms with Gasteiger partial charge in [0.2, 0.25) is 5.91 Å². The average molecular weight is 387 g/mol. The van der Waals surface area contributed by atoms with Crippen LogP contribution in [0.3, 0.4) is 0 Å². The van der Waals surface area contributed by atoms with Gasteiger partial charge in [-0.1, -0.05) is 0 Å². The van der Waals surface area contributed by atoms with Gasteiger partial charge in [-0.05, 0) is 79.7 Å². The highest BCUT2D eigenvalue weighted by Crippen LogP contribution is 2.17. The highest BCUT2D eigenvalue weighted by molar-refractivity contribution is 14.1. The molecule has 1 aliphatic rings. The summed E-state index contributed by atoms with van der Waals surface area (Å²) in [7, 11) is 2.00. The van der Waals surface area contributed by atoms with E-state index in [9.17, 15) is 4.79 Å². The third-order valence-corrected chi connectivity index (χ3v) is 4.24. The molecule has 5 heteroatoms. The van der Waals surface area contributed by atoms with Crippen molar-refractivity contribution in [1.82, 2.24) is 10.2 Å². The van der Waals surface area contributed by atoms with Crippen LogP contribution in [-0.2, 0) is 4.79 Å². The van der Waals surface area contributed by atoms with E-state index in [1.54, 1.807) is 0 Å². The summed E-state index contributed by atoms with van der Waals surface area (Å²) in [6.07, 6.45) is 2.45. The van der Waals surface area contributed by atoms with E-state index in [0.29, 0.717) is 12.6 Å². The summed E-state index contributed by atoms with van der Waals surface area (Å²) in [6, 6.07) is 6.58. The van der Waals surface area contributed by atoms with Crippen molar-refractivity contribution in [2.75, 3.05) is 32.0 Å².